The van der Waals surface area contributed by atoms with Crippen molar-refractivity contribution in [2.75, 3.05) is 13.2 Å². The van der Waals surface area contributed by atoms with Crippen molar-refractivity contribution in [3.63, 3.8) is 0 Å². The first-order valence-corrected chi connectivity index (χ1v) is 32.5. The van der Waals surface area contributed by atoms with E-state index in [1.54, 1.807) is 0 Å². The summed E-state index contributed by atoms with van der Waals surface area (Å²) in [5.41, 5.74) is 0. The van der Waals surface area contributed by atoms with Gasteiger partial charge in [-0.05, 0) is 89.9 Å². The van der Waals surface area contributed by atoms with E-state index in [1.807, 2.05) is 0 Å². The van der Waals surface area contributed by atoms with Gasteiger partial charge in [-0.15, -0.1) is 0 Å². The van der Waals surface area contributed by atoms with Gasteiger partial charge < -0.3 is 14.2 Å². The van der Waals surface area contributed by atoms with E-state index in [4.69, 9.17) is 14.2 Å². The van der Waals surface area contributed by atoms with Crippen molar-refractivity contribution < 1.29 is 28.6 Å². The topological polar surface area (TPSA) is 78.9 Å². The lowest BCUT2D eigenvalue weighted by Crippen LogP contribution is -2.30. The first-order valence-electron chi connectivity index (χ1n) is 32.5. The van der Waals surface area contributed by atoms with Crippen molar-refractivity contribution >= 4 is 17.9 Å². The van der Waals surface area contributed by atoms with Gasteiger partial charge in [0, 0.05) is 19.3 Å². The number of esters is 3. The van der Waals surface area contributed by atoms with E-state index in [2.05, 4.69) is 57.2 Å². The van der Waals surface area contributed by atoms with Crippen LogP contribution in [0.4, 0.5) is 0 Å². The molecule has 0 fully saturated rings. The molecular formula is C67H124O6. The van der Waals surface area contributed by atoms with Gasteiger partial charge in [-0.3, -0.25) is 14.4 Å². The molecule has 0 radical (unpaired) electrons. The van der Waals surface area contributed by atoms with Gasteiger partial charge in [0.1, 0.15) is 13.2 Å². The Morgan fingerprint density at radius 1 is 0.260 bits per heavy atom. The van der Waals surface area contributed by atoms with Gasteiger partial charge in [0.25, 0.3) is 0 Å². The second kappa shape index (κ2) is 62.2. The summed E-state index contributed by atoms with van der Waals surface area (Å²) in [4.78, 5) is 38.2. The van der Waals surface area contributed by atoms with Gasteiger partial charge in [0.2, 0.25) is 0 Å². The van der Waals surface area contributed by atoms with Crippen LogP contribution in [-0.4, -0.2) is 37.2 Å². The van der Waals surface area contributed by atoms with Gasteiger partial charge in [0.15, 0.2) is 6.10 Å². The second-order valence-electron chi connectivity index (χ2n) is 22.0. The minimum atomic E-state index is -0.777. The zero-order valence-corrected chi connectivity index (χ0v) is 49.2. The van der Waals surface area contributed by atoms with Crippen LogP contribution >= 0.6 is 0 Å². The van der Waals surface area contributed by atoms with Gasteiger partial charge >= 0.3 is 17.9 Å². The Labute approximate surface area is 455 Å². The summed E-state index contributed by atoms with van der Waals surface area (Å²) in [5, 5.41) is 0. The number of hydrogen-bond acceptors (Lipinski definition) is 6. The molecule has 0 rings (SSSR count). The highest BCUT2D eigenvalue weighted by atomic mass is 16.6. The van der Waals surface area contributed by atoms with E-state index in [0.717, 1.165) is 77.0 Å². The summed E-state index contributed by atoms with van der Waals surface area (Å²) in [6, 6.07) is 0. The molecule has 0 saturated carbocycles. The van der Waals surface area contributed by atoms with Gasteiger partial charge in [0.05, 0.1) is 0 Å². The van der Waals surface area contributed by atoms with E-state index < -0.39 is 6.10 Å². The highest BCUT2D eigenvalue weighted by Gasteiger charge is 2.19. The summed E-state index contributed by atoms with van der Waals surface area (Å²) in [5.74, 6) is -0.875. The van der Waals surface area contributed by atoms with E-state index in [1.165, 1.54) is 238 Å². The van der Waals surface area contributed by atoms with E-state index >= 15 is 0 Å². The predicted molar refractivity (Wildman–Crippen MR) is 316 cm³/mol. The Morgan fingerprint density at radius 2 is 0.479 bits per heavy atom. The van der Waals surface area contributed by atoms with Crippen LogP contribution in [0.5, 0.6) is 0 Å². The molecule has 0 bridgehead atoms. The highest BCUT2D eigenvalue weighted by Crippen LogP contribution is 2.17. The molecule has 6 heteroatoms. The summed E-state index contributed by atoms with van der Waals surface area (Å²) in [6.45, 7) is 6.61. The predicted octanol–water partition coefficient (Wildman–Crippen LogP) is 22.0. The third kappa shape index (κ3) is 60.4. The quantitative estimate of drug-likeness (QED) is 0.0261. The summed E-state index contributed by atoms with van der Waals surface area (Å²) in [7, 11) is 0. The van der Waals surface area contributed by atoms with Crippen LogP contribution in [0.25, 0.3) is 0 Å². The molecule has 1 unspecified atom stereocenters. The van der Waals surface area contributed by atoms with Crippen LogP contribution in [0.3, 0.4) is 0 Å². The molecule has 6 nitrogen and oxygen atoms in total. The number of carbonyl (C=O) groups is 3. The van der Waals surface area contributed by atoms with Crippen molar-refractivity contribution in [1.29, 1.82) is 0 Å². The molecule has 0 saturated heterocycles. The Hall–Kier alpha value is -2.37. The molecule has 0 aliphatic carbocycles. The molecule has 428 valence electrons. The monoisotopic (exact) mass is 1020 g/mol. The Kier molecular flexibility index (Phi) is 60.2. The normalized spacial score (nSPS) is 12.2. The van der Waals surface area contributed by atoms with E-state index in [9.17, 15) is 14.4 Å². The van der Waals surface area contributed by atoms with Crippen LogP contribution in [0.15, 0.2) is 36.5 Å². The van der Waals surface area contributed by atoms with Crippen LogP contribution in [0.1, 0.15) is 355 Å². The molecule has 0 aliphatic heterocycles. The minimum absolute atomic E-state index is 0.0746. The molecule has 0 amide bonds. The zero-order valence-electron chi connectivity index (χ0n) is 49.2. The number of hydrogen-bond donors (Lipinski definition) is 0. The number of rotatable bonds is 60. The second-order valence-corrected chi connectivity index (χ2v) is 22.0. The fourth-order valence-corrected chi connectivity index (χ4v) is 9.67. The number of carbonyl (C=O) groups excluding carboxylic acids is 3. The summed E-state index contributed by atoms with van der Waals surface area (Å²) < 4.78 is 16.9. The molecule has 0 aliphatic rings. The van der Waals surface area contributed by atoms with Gasteiger partial charge in [-0.1, -0.05) is 282 Å². The number of allylic oxidation sites excluding steroid dienone is 6. The summed E-state index contributed by atoms with van der Waals surface area (Å²) >= 11 is 0. The zero-order chi connectivity index (χ0) is 52.9. The molecular weight excluding hydrogens is 901 g/mol. The Bertz CT molecular complexity index is 1220. The molecule has 1 atom stereocenters. The molecule has 0 aromatic carbocycles. The highest BCUT2D eigenvalue weighted by molar-refractivity contribution is 5.71. The third-order valence-corrected chi connectivity index (χ3v) is 14.6. The van der Waals surface area contributed by atoms with Crippen LogP contribution in [-0.2, 0) is 28.6 Å². The van der Waals surface area contributed by atoms with Crippen molar-refractivity contribution in [3.05, 3.63) is 36.5 Å². The molecule has 0 N–H and O–H groups in total. The Morgan fingerprint density at radius 3 is 0.740 bits per heavy atom. The molecule has 0 aromatic heterocycles. The van der Waals surface area contributed by atoms with E-state index in [-0.39, 0.29) is 31.1 Å². The maximum absolute atomic E-state index is 12.9. The van der Waals surface area contributed by atoms with Crippen molar-refractivity contribution in [1.82, 2.24) is 0 Å². The average molecular weight is 1030 g/mol. The van der Waals surface area contributed by atoms with Crippen LogP contribution < -0.4 is 0 Å². The first kappa shape index (κ1) is 70.6. The average Bonchev–Trinajstić information content (AvgIpc) is 3.39. The molecule has 0 spiro atoms. The third-order valence-electron chi connectivity index (χ3n) is 14.6. The number of unbranched alkanes of at least 4 members (excludes halogenated alkanes) is 43. The van der Waals surface area contributed by atoms with Gasteiger partial charge in [-0.25, -0.2) is 0 Å². The van der Waals surface area contributed by atoms with Crippen LogP contribution in [0.2, 0.25) is 0 Å². The van der Waals surface area contributed by atoms with Crippen molar-refractivity contribution in [2.45, 2.75) is 361 Å². The smallest absolute Gasteiger partial charge is 0.306 e. The van der Waals surface area contributed by atoms with Crippen molar-refractivity contribution in [3.8, 4) is 0 Å². The lowest BCUT2D eigenvalue weighted by molar-refractivity contribution is -0.167. The van der Waals surface area contributed by atoms with Gasteiger partial charge in [-0.2, -0.15) is 0 Å². The fourth-order valence-electron chi connectivity index (χ4n) is 9.67. The number of ether oxygens (including phenoxy) is 3. The lowest BCUT2D eigenvalue weighted by Gasteiger charge is -2.18. The largest absolute Gasteiger partial charge is 0.462 e. The standard InChI is InChI=1S/C67H124O6/c1-4-7-10-13-16-19-22-24-26-28-29-30-31-32-33-34-35-36-37-38-39-40-42-43-45-48-51-54-57-60-66(69)72-63-64(62-71-65(68)59-56-53-50-47-21-18-15-12-9-6-3)73-67(70)61-58-55-52-49-46-44-41-27-25-23-20-17-14-11-8-5-2/h12,15,27-29,41,64H,4-11,13-14,16-26,30-40,42-63H2,1-3H3/b15-12-,29-28-,41-27-. The summed E-state index contributed by atoms with van der Waals surface area (Å²) in [6.07, 6.45) is 76.1. The fraction of sp³-hybridized carbons (Fsp3) is 0.866. The van der Waals surface area contributed by atoms with E-state index in [0.29, 0.717) is 19.3 Å². The maximum Gasteiger partial charge on any atom is 0.306 e. The van der Waals surface area contributed by atoms with Crippen molar-refractivity contribution in [2.24, 2.45) is 0 Å². The molecule has 73 heavy (non-hydrogen) atoms. The SMILES string of the molecule is CCC/C=C\CCCCCCCC(=O)OCC(COC(=O)CCCCCCCCCCCCCCCCCCC/C=C\CCCCCCCCCC)OC(=O)CCCCCCC/C=C\CCCCCCCCC. The first-order chi connectivity index (χ1) is 36.0. The maximum atomic E-state index is 12.9. The molecule has 0 heterocycles. The molecule has 0 aromatic rings. The van der Waals surface area contributed by atoms with Crippen LogP contribution in [0, 0.1) is 0 Å². The minimum Gasteiger partial charge on any atom is -0.462 e. The Balaban J connectivity index is 4.11. The lowest BCUT2D eigenvalue weighted by atomic mass is 10.0.